The molecule has 0 amide bonds. The number of carbonyl (C=O) groups is 1. The van der Waals surface area contributed by atoms with E-state index in [4.69, 9.17) is 0 Å². The van der Waals surface area contributed by atoms with E-state index >= 15 is 0 Å². The van der Waals surface area contributed by atoms with Crippen LogP contribution in [0.2, 0.25) is 0 Å². The van der Waals surface area contributed by atoms with Crippen molar-refractivity contribution in [1.82, 2.24) is 0 Å². The summed E-state index contributed by atoms with van der Waals surface area (Å²) in [6.07, 6.45) is 0. The van der Waals surface area contributed by atoms with Crippen molar-refractivity contribution in [2.45, 2.75) is 5.92 Å². The number of carbonyl (C=O) groups excluding carboxylic acids is 1. The molecule has 1 aliphatic rings. The number of hydrogen-bond donors (Lipinski definition) is 0. The Hall–Kier alpha value is -4.23. The second-order valence-electron chi connectivity index (χ2n) is 8.44. The number of ketones is 1. The van der Waals surface area contributed by atoms with Gasteiger partial charge in [0.25, 0.3) is 0 Å². The SMILES string of the molecule is O=C1c2ccccc2-c2ccccc2C(c2ccccc2)c2ccccc2-c2ccccc21. The molecule has 0 aromatic heterocycles. The van der Waals surface area contributed by atoms with Gasteiger partial charge in [0, 0.05) is 17.0 Å². The van der Waals surface area contributed by atoms with Crippen LogP contribution in [0.4, 0.5) is 0 Å². The lowest BCUT2D eigenvalue weighted by Crippen LogP contribution is -2.12. The Morgan fingerprint density at radius 3 is 1.21 bits per heavy atom. The number of hydrogen-bond acceptors (Lipinski definition) is 1. The Morgan fingerprint density at radius 1 is 0.364 bits per heavy atom. The lowest BCUT2D eigenvalue weighted by molar-refractivity contribution is 0.104. The highest BCUT2D eigenvalue weighted by molar-refractivity contribution is 6.16. The van der Waals surface area contributed by atoms with Gasteiger partial charge in [-0.1, -0.05) is 127 Å². The second-order valence-corrected chi connectivity index (χ2v) is 8.44. The van der Waals surface area contributed by atoms with E-state index in [-0.39, 0.29) is 11.7 Å². The zero-order valence-corrected chi connectivity index (χ0v) is 18.1. The number of benzene rings is 5. The molecule has 0 aliphatic heterocycles. The zero-order chi connectivity index (χ0) is 22.2. The topological polar surface area (TPSA) is 17.1 Å². The molecule has 0 saturated carbocycles. The van der Waals surface area contributed by atoms with Gasteiger partial charge in [0.15, 0.2) is 5.78 Å². The first-order chi connectivity index (χ1) is 16.3. The molecule has 1 heteroatoms. The predicted molar refractivity (Wildman–Crippen MR) is 135 cm³/mol. The van der Waals surface area contributed by atoms with Crippen LogP contribution in [0.5, 0.6) is 0 Å². The van der Waals surface area contributed by atoms with E-state index in [9.17, 15) is 4.79 Å². The van der Waals surface area contributed by atoms with Gasteiger partial charge in [-0.15, -0.1) is 0 Å². The molecule has 0 spiro atoms. The Bertz CT molecular complexity index is 1390. The average Bonchev–Trinajstić information content (AvgIpc) is 2.89. The fraction of sp³-hybridized carbons (Fsp3) is 0.0312. The molecule has 0 heterocycles. The van der Waals surface area contributed by atoms with Gasteiger partial charge in [0.05, 0.1) is 0 Å². The van der Waals surface area contributed by atoms with Gasteiger partial charge in [-0.2, -0.15) is 0 Å². The van der Waals surface area contributed by atoms with Crippen molar-refractivity contribution < 1.29 is 4.79 Å². The Kier molecular flexibility index (Phi) is 4.74. The molecule has 5 aromatic rings. The van der Waals surface area contributed by atoms with Gasteiger partial charge < -0.3 is 0 Å². The highest BCUT2D eigenvalue weighted by Crippen LogP contribution is 2.44. The van der Waals surface area contributed by atoms with E-state index in [0.717, 1.165) is 33.4 Å². The summed E-state index contributed by atoms with van der Waals surface area (Å²) >= 11 is 0. The molecule has 0 N–H and O–H groups in total. The standard InChI is InChI=1S/C32H22O/c33-32-29-20-10-6-16-25(29)23-14-4-8-18-27(23)31(22-12-2-1-3-13-22)28-19-9-5-15-24(28)26-17-7-11-21-30(26)32/h1-21,31H. The first-order valence-corrected chi connectivity index (χ1v) is 11.3. The fourth-order valence-electron chi connectivity index (χ4n) is 5.14. The minimum Gasteiger partial charge on any atom is -0.289 e. The third-order valence-electron chi connectivity index (χ3n) is 6.60. The molecule has 1 nitrogen and oxygen atoms in total. The van der Waals surface area contributed by atoms with Crippen LogP contribution < -0.4 is 0 Å². The minimum absolute atomic E-state index is 0.0351. The van der Waals surface area contributed by atoms with Crippen molar-refractivity contribution in [3.8, 4) is 22.3 Å². The zero-order valence-electron chi connectivity index (χ0n) is 18.1. The van der Waals surface area contributed by atoms with Crippen LogP contribution in [0.1, 0.15) is 38.5 Å². The summed E-state index contributed by atoms with van der Waals surface area (Å²) in [5, 5.41) is 0. The molecule has 0 unspecified atom stereocenters. The maximum atomic E-state index is 13.9. The molecule has 156 valence electrons. The summed E-state index contributed by atoms with van der Waals surface area (Å²) in [6.45, 7) is 0. The lowest BCUT2D eigenvalue weighted by Gasteiger charge is -2.27. The Balaban J connectivity index is 1.79. The van der Waals surface area contributed by atoms with Crippen LogP contribution >= 0.6 is 0 Å². The van der Waals surface area contributed by atoms with E-state index in [2.05, 4.69) is 91.0 Å². The monoisotopic (exact) mass is 422 g/mol. The van der Waals surface area contributed by atoms with E-state index in [1.807, 2.05) is 36.4 Å². The van der Waals surface area contributed by atoms with Gasteiger partial charge in [-0.05, 0) is 38.9 Å². The van der Waals surface area contributed by atoms with Gasteiger partial charge >= 0.3 is 0 Å². The summed E-state index contributed by atoms with van der Waals surface area (Å²) in [7, 11) is 0. The van der Waals surface area contributed by atoms with Crippen LogP contribution in [0.3, 0.4) is 0 Å². The van der Waals surface area contributed by atoms with Crippen molar-refractivity contribution in [2.24, 2.45) is 0 Å². The average molecular weight is 423 g/mol. The summed E-state index contributed by atoms with van der Waals surface area (Å²) in [5.74, 6) is 0.0943. The summed E-state index contributed by atoms with van der Waals surface area (Å²) in [5.41, 5.74) is 9.29. The lowest BCUT2D eigenvalue weighted by atomic mass is 9.76. The molecule has 1 aliphatic carbocycles. The Morgan fingerprint density at radius 2 is 0.727 bits per heavy atom. The maximum absolute atomic E-state index is 13.9. The van der Waals surface area contributed by atoms with Gasteiger partial charge in [0.2, 0.25) is 0 Å². The molecule has 0 saturated heterocycles. The van der Waals surface area contributed by atoms with Crippen LogP contribution in [0, 0.1) is 0 Å². The van der Waals surface area contributed by atoms with E-state index in [1.165, 1.54) is 16.7 Å². The van der Waals surface area contributed by atoms with E-state index in [0.29, 0.717) is 0 Å². The van der Waals surface area contributed by atoms with E-state index in [1.54, 1.807) is 0 Å². The highest BCUT2D eigenvalue weighted by atomic mass is 16.1. The molecule has 0 bridgehead atoms. The normalized spacial score (nSPS) is 12.8. The molecule has 6 rings (SSSR count). The van der Waals surface area contributed by atoms with Crippen molar-refractivity contribution in [2.75, 3.05) is 0 Å². The summed E-state index contributed by atoms with van der Waals surface area (Å²) in [4.78, 5) is 13.9. The van der Waals surface area contributed by atoms with Crippen LogP contribution in [0.15, 0.2) is 127 Å². The molecular weight excluding hydrogens is 400 g/mol. The Labute approximate surface area is 194 Å². The molecule has 0 radical (unpaired) electrons. The molecule has 0 atom stereocenters. The third kappa shape index (κ3) is 3.21. The first kappa shape index (κ1) is 19.5. The number of rotatable bonds is 1. The molecular formula is C32H22O. The highest BCUT2D eigenvalue weighted by Gasteiger charge is 2.28. The van der Waals surface area contributed by atoms with Crippen molar-refractivity contribution in [3.63, 3.8) is 0 Å². The maximum Gasteiger partial charge on any atom is 0.194 e. The molecule has 0 fully saturated rings. The van der Waals surface area contributed by atoms with Crippen molar-refractivity contribution >= 4 is 5.78 Å². The molecule has 33 heavy (non-hydrogen) atoms. The van der Waals surface area contributed by atoms with Crippen molar-refractivity contribution in [3.05, 3.63) is 155 Å². The van der Waals surface area contributed by atoms with Gasteiger partial charge in [-0.3, -0.25) is 4.79 Å². The third-order valence-corrected chi connectivity index (χ3v) is 6.60. The fourth-order valence-corrected chi connectivity index (χ4v) is 5.14. The van der Waals surface area contributed by atoms with Gasteiger partial charge in [0.1, 0.15) is 0 Å². The largest absolute Gasteiger partial charge is 0.289 e. The quantitative estimate of drug-likeness (QED) is 0.265. The van der Waals surface area contributed by atoms with E-state index < -0.39 is 0 Å². The predicted octanol–water partition coefficient (Wildman–Crippen LogP) is 7.75. The summed E-state index contributed by atoms with van der Waals surface area (Å²) in [6, 6.07) is 43.7. The smallest absolute Gasteiger partial charge is 0.194 e. The summed E-state index contributed by atoms with van der Waals surface area (Å²) < 4.78 is 0. The molecule has 5 aromatic carbocycles. The first-order valence-electron chi connectivity index (χ1n) is 11.3. The van der Waals surface area contributed by atoms with Crippen molar-refractivity contribution in [1.29, 1.82) is 0 Å². The van der Waals surface area contributed by atoms with Crippen LogP contribution in [-0.4, -0.2) is 5.78 Å². The minimum atomic E-state index is 0.0351. The van der Waals surface area contributed by atoms with Crippen LogP contribution in [-0.2, 0) is 0 Å². The van der Waals surface area contributed by atoms with Gasteiger partial charge in [-0.25, -0.2) is 0 Å². The van der Waals surface area contributed by atoms with Crippen LogP contribution in [0.25, 0.3) is 22.3 Å². The number of fused-ring (bicyclic) bond motifs is 6. The second kappa shape index (κ2) is 8.03.